The van der Waals surface area contributed by atoms with Gasteiger partial charge in [-0.25, -0.2) is 9.97 Å². The molecule has 0 saturated heterocycles. The molecule has 0 aliphatic carbocycles. The third-order valence-corrected chi connectivity index (χ3v) is 2.53. The predicted octanol–water partition coefficient (Wildman–Crippen LogP) is 1.57. The third kappa shape index (κ3) is 3.75. The van der Waals surface area contributed by atoms with Crippen LogP contribution in [-0.2, 0) is 0 Å². The number of hydrogen-bond donors (Lipinski definition) is 2. The molecular formula is C11H20N4O. The zero-order chi connectivity index (χ0) is 11.8. The molecule has 3 N–H and O–H groups in total. The number of methoxy groups -OCH3 is 1. The lowest BCUT2D eigenvalue weighted by molar-refractivity contribution is 0.392. The van der Waals surface area contributed by atoms with Gasteiger partial charge in [-0.1, -0.05) is 26.2 Å². The van der Waals surface area contributed by atoms with Crippen LogP contribution in [0.15, 0.2) is 12.4 Å². The summed E-state index contributed by atoms with van der Waals surface area (Å²) in [6.45, 7) is 2.18. The molecular weight excluding hydrogens is 204 g/mol. The van der Waals surface area contributed by atoms with E-state index in [1.54, 1.807) is 7.11 Å². The maximum Gasteiger partial charge on any atom is 0.216 e. The first-order chi connectivity index (χ1) is 7.81. The Morgan fingerprint density at radius 2 is 2.25 bits per heavy atom. The van der Waals surface area contributed by atoms with Gasteiger partial charge in [0.05, 0.1) is 18.8 Å². The van der Waals surface area contributed by atoms with Crippen molar-refractivity contribution in [1.82, 2.24) is 15.4 Å². The number of rotatable bonds is 7. The quantitative estimate of drug-likeness (QED) is 0.418. The molecule has 0 radical (unpaired) electrons. The van der Waals surface area contributed by atoms with E-state index in [-0.39, 0.29) is 6.04 Å². The maximum atomic E-state index is 5.53. The predicted molar refractivity (Wildman–Crippen MR) is 62.8 cm³/mol. The monoisotopic (exact) mass is 224 g/mol. The lowest BCUT2D eigenvalue weighted by Crippen LogP contribution is -2.28. The molecule has 0 bridgehead atoms. The van der Waals surface area contributed by atoms with E-state index >= 15 is 0 Å². The highest BCUT2D eigenvalue weighted by Gasteiger charge is 2.11. The Labute approximate surface area is 96.4 Å². The molecule has 1 aromatic rings. The average Bonchev–Trinajstić information content (AvgIpc) is 2.35. The number of unbranched alkanes of at least 4 members (excludes halogenated alkanes) is 2. The van der Waals surface area contributed by atoms with Gasteiger partial charge in [0, 0.05) is 6.07 Å². The Kier molecular flexibility index (Phi) is 5.74. The molecule has 1 atom stereocenters. The van der Waals surface area contributed by atoms with Crippen molar-refractivity contribution >= 4 is 0 Å². The molecule has 5 heteroatoms. The number of nitrogens with one attached hydrogen (secondary N) is 1. The van der Waals surface area contributed by atoms with E-state index in [1.807, 2.05) is 6.07 Å². The van der Waals surface area contributed by atoms with Crippen molar-refractivity contribution in [1.29, 1.82) is 0 Å². The summed E-state index contributed by atoms with van der Waals surface area (Å²) >= 11 is 0. The molecule has 0 aliphatic rings. The Morgan fingerprint density at radius 1 is 1.44 bits per heavy atom. The molecule has 0 aromatic carbocycles. The molecule has 1 rings (SSSR count). The highest BCUT2D eigenvalue weighted by Crippen LogP contribution is 2.19. The van der Waals surface area contributed by atoms with Gasteiger partial charge in [0.1, 0.15) is 6.33 Å². The first-order valence-electron chi connectivity index (χ1n) is 5.63. The largest absolute Gasteiger partial charge is 0.481 e. The fourth-order valence-corrected chi connectivity index (χ4v) is 1.57. The number of hydrogen-bond acceptors (Lipinski definition) is 5. The van der Waals surface area contributed by atoms with E-state index < -0.39 is 0 Å². The van der Waals surface area contributed by atoms with Crippen LogP contribution in [0.2, 0.25) is 0 Å². The summed E-state index contributed by atoms with van der Waals surface area (Å²) in [6, 6.07) is 1.89. The second-order valence-corrected chi connectivity index (χ2v) is 3.70. The fraction of sp³-hybridized carbons (Fsp3) is 0.636. The average molecular weight is 224 g/mol. The topological polar surface area (TPSA) is 73.1 Å². The molecule has 0 fully saturated rings. The number of nitrogens with zero attached hydrogens (tertiary/aromatic N) is 2. The zero-order valence-electron chi connectivity index (χ0n) is 9.94. The van der Waals surface area contributed by atoms with Crippen LogP contribution in [0.4, 0.5) is 0 Å². The second kappa shape index (κ2) is 7.14. The molecule has 1 aromatic heterocycles. The summed E-state index contributed by atoms with van der Waals surface area (Å²) in [4.78, 5) is 8.17. The van der Waals surface area contributed by atoms with Crippen molar-refractivity contribution < 1.29 is 4.74 Å². The molecule has 0 saturated carbocycles. The number of hydrazine groups is 1. The van der Waals surface area contributed by atoms with Gasteiger partial charge >= 0.3 is 0 Å². The standard InChI is InChI=1S/C11H20N4O/c1-3-4-5-6-9(15-12)10-7-11(16-2)14-8-13-10/h7-9,15H,3-6,12H2,1-2H3. The molecule has 5 nitrogen and oxygen atoms in total. The summed E-state index contributed by atoms with van der Waals surface area (Å²) in [5.74, 6) is 6.10. The fourth-order valence-electron chi connectivity index (χ4n) is 1.57. The lowest BCUT2D eigenvalue weighted by Gasteiger charge is -2.15. The second-order valence-electron chi connectivity index (χ2n) is 3.70. The Morgan fingerprint density at radius 3 is 2.88 bits per heavy atom. The van der Waals surface area contributed by atoms with Crippen LogP contribution in [0, 0.1) is 0 Å². The van der Waals surface area contributed by atoms with Crippen molar-refractivity contribution in [2.24, 2.45) is 5.84 Å². The van der Waals surface area contributed by atoms with E-state index in [2.05, 4.69) is 22.3 Å². The Hall–Kier alpha value is -1.20. The third-order valence-electron chi connectivity index (χ3n) is 2.53. The van der Waals surface area contributed by atoms with Gasteiger partial charge < -0.3 is 4.74 Å². The van der Waals surface area contributed by atoms with Gasteiger partial charge in [0.25, 0.3) is 0 Å². The van der Waals surface area contributed by atoms with Gasteiger partial charge in [-0.05, 0) is 6.42 Å². The van der Waals surface area contributed by atoms with Crippen molar-refractivity contribution in [3.63, 3.8) is 0 Å². The molecule has 1 unspecified atom stereocenters. The smallest absolute Gasteiger partial charge is 0.216 e. The first kappa shape index (κ1) is 12.9. The minimum absolute atomic E-state index is 0.0726. The molecule has 0 spiro atoms. The number of ether oxygens (including phenoxy) is 1. The van der Waals surface area contributed by atoms with Gasteiger partial charge in [-0.15, -0.1) is 0 Å². The van der Waals surface area contributed by atoms with Crippen molar-refractivity contribution in [3.8, 4) is 5.88 Å². The maximum absolute atomic E-state index is 5.53. The minimum atomic E-state index is 0.0726. The van der Waals surface area contributed by atoms with Gasteiger partial charge in [0.15, 0.2) is 0 Å². The number of aromatic nitrogens is 2. The summed E-state index contributed by atoms with van der Waals surface area (Å²) in [5.41, 5.74) is 3.66. The van der Waals surface area contributed by atoms with Crippen LogP contribution in [0.5, 0.6) is 5.88 Å². The zero-order valence-corrected chi connectivity index (χ0v) is 9.94. The van der Waals surface area contributed by atoms with E-state index in [9.17, 15) is 0 Å². The van der Waals surface area contributed by atoms with Gasteiger partial charge in [-0.2, -0.15) is 0 Å². The van der Waals surface area contributed by atoms with E-state index in [0.717, 1.165) is 18.5 Å². The summed E-state index contributed by atoms with van der Waals surface area (Å²) in [5, 5.41) is 0. The summed E-state index contributed by atoms with van der Waals surface area (Å²) in [7, 11) is 1.59. The van der Waals surface area contributed by atoms with Crippen LogP contribution in [0.25, 0.3) is 0 Å². The van der Waals surface area contributed by atoms with E-state index in [1.165, 1.54) is 19.2 Å². The van der Waals surface area contributed by atoms with Crippen LogP contribution in [0.1, 0.15) is 44.3 Å². The molecule has 1 heterocycles. The van der Waals surface area contributed by atoms with Crippen molar-refractivity contribution in [2.45, 2.75) is 38.6 Å². The summed E-state index contributed by atoms with van der Waals surface area (Å²) in [6.07, 6.45) is 6.02. The van der Waals surface area contributed by atoms with Crippen molar-refractivity contribution in [2.75, 3.05) is 7.11 Å². The van der Waals surface area contributed by atoms with Crippen LogP contribution in [0.3, 0.4) is 0 Å². The van der Waals surface area contributed by atoms with Crippen LogP contribution >= 0.6 is 0 Å². The SMILES string of the molecule is CCCCCC(NN)c1cc(OC)ncn1. The van der Waals surface area contributed by atoms with Gasteiger partial charge in [0.2, 0.25) is 5.88 Å². The lowest BCUT2D eigenvalue weighted by atomic mass is 10.1. The van der Waals surface area contributed by atoms with Gasteiger partial charge in [-0.3, -0.25) is 11.3 Å². The molecule has 0 amide bonds. The van der Waals surface area contributed by atoms with Crippen molar-refractivity contribution in [3.05, 3.63) is 18.1 Å². The summed E-state index contributed by atoms with van der Waals surface area (Å²) < 4.78 is 5.06. The first-order valence-corrected chi connectivity index (χ1v) is 5.63. The highest BCUT2D eigenvalue weighted by molar-refractivity contribution is 5.16. The molecule has 16 heavy (non-hydrogen) atoms. The van der Waals surface area contributed by atoms with Crippen LogP contribution in [-0.4, -0.2) is 17.1 Å². The highest BCUT2D eigenvalue weighted by atomic mass is 16.5. The molecule has 0 aliphatic heterocycles. The minimum Gasteiger partial charge on any atom is -0.481 e. The Bertz CT molecular complexity index is 306. The normalized spacial score (nSPS) is 12.4. The van der Waals surface area contributed by atoms with Crippen LogP contribution < -0.4 is 16.0 Å². The van der Waals surface area contributed by atoms with E-state index in [4.69, 9.17) is 10.6 Å². The molecule has 90 valence electrons. The number of nitrogens with two attached hydrogens (primary N) is 1. The van der Waals surface area contributed by atoms with E-state index in [0.29, 0.717) is 5.88 Å². The Balaban J connectivity index is 2.62.